The van der Waals surface area contributed by atoms with Gasteiger partial charge in [-0.3, -0.25) is 9.69 Å². The molecule has 4 heteroatoms. The zero-order valence-corrected chi connectivity index (χ0v) is 11.6. The van der Waals surface area contributed by atoms with Crippen molar-refractivity contribution in [3.05, 3.63) is 0 Å². The average Bonchev–Trinajstić information content (AvgIpc) is 2.28. The molecule has 1 aliphatic rings. The Labute approximate surface area is 105 Å². The fourth-order valence-electron chi connectivity index (χ4n) is 2.45. The highest BCUT2D eigenvalue weighted by atomic mass is 16.2. The van der Waals surface area contributed by atoms with Crippen molar-refractivity contribution in [2.24, 2.45) is 11.7 Å². The van der Waals surface area contributed by atoms with Crippen molar-refractivity contribution in [3.8, 4) is 0 Å². The molecular weight excluding hydrogens is 214 g/mol. The molecule has 0 aromatic rings. The number of carbonyl (C=O) groups is 1. The molecule has 0 bridgehead atoms. The Morgan fingerprint density at radius 1 is 1.29 bits per heavy atom. The van der Waals surface area contributed by atoms with Gasteiger partial charge in [0.05, 0.1) is 0 Å². The third kappa shape index (κ3) is 3.68. The van der Waals surface area contributed by atoms with Crippen LogP contribution >= 0.6 is 0 Å². The van der Waals surface area contributed by atoms with E-state index in [0.29, 0.717) is 31.0 Å². The van der Waals surface area contributed by atoms with Crippen LogP contribution in [0.5, 0.6) is 0 Å². The van der Waals surface area contributed by atoms with E-state index in [1.165, 1.54) is 0 Å². The summed E-state index contributed by atoms with van der Waals surface area (Å²) in [5.74, 6) is 0.716. The van der Waals surface area contributed by atoms with E-state index in [0.717, 1.165) is 19.6 Å². The lowest BCUT2D eigenvalue weighted by atomic mass is 9.98. The summed E-state index contributed by atoms with van der Waals surface area (Å²) in [4.78, 5) is 16.5. The van der Waals surface area contributed by atoms with Crippen LogP contribution in [0.4, 0.5) is 0 Å². The molecule has 100 valence electrons. The Morgan fingerprint density at radius 3 is 2.41 bits per heavy atom. The van der Waals surface area contributed by atoms with E-state index in [1.54, 1.807) is 0 Å². The van der Waals surface area contributed by atoms with Gasteiger partial charge in [0.15, 0.2) is 0 Å². The summed E-state index contributed by atoms with van der Waals surface area (Å²) in [7, 11) is 0. The van der Waals surface area contributed by atoms with Gasteiger partial charge in [0.2, 0.25) is 5.91 Å². The lowest BCUT2D eigenvalue weighted by molar-refractivity contribution is -0.137. The van der Waals surface area contributed by atoms with Gasteiger partial charge in [-0.1, -0.05) is 13.8 Å². The summed E-state index contributed by atoms with van der Waals surface area (Å²) in [6, 6.07) is 0.896. The zero-order valence-electron chi connectivity index (χ0n) is 11.6. The van der Waals surface area contributed by atoms with Crippen molar-refractivity contribution in [3.63, 3.8) is 0 Å². The maximum atomic E-state index is 12.0. The highest BCUT2D eigenvalue weighted by Gasteiger charge is 2.32. The molecular formula is C13H27N3O. The van der Waals surface area contributed by atoms with Crippen LogP contribution < -0.4 is 5.73 Å². The number of nitrogens with two attached hydrogens (primary N) is 1. The van der Waals surface area contributed by atoms with Gasteiger partial charge < -0.3 is 10.6 Å². The maximum absolute atomic E-state index is 12.0. The van der Waals surface area contributed by atoms with Gasteiger partial charge in [-0.25, -0.2) is 0 Å². The van der Waals surface area contributed by atoms with Crippen LogP contribution in [0.15, 0.2) is 0 Å². The Kier molecular flexibility index (Phi) is 5.40. The normalized spacial score (nSPS) is 22.5. The summed E-state index contributed by atoms with van der Waals surface area (Å²) >= 11 is 0. The van der Waals surface area contributed by atoms with E-state index in [2.05, 4.69) is 32.6 Å². The van der Waals surface area contributed by atoms with Gasteiger partial charge in [-0.15, -0.1) is 0 Å². The van der Waals surface area contributed by atoms with Gasteiger partial charge in [0.1, 0.15) is 0 Å². The van der Waals surface area contributed by atoms with Crippen LogP contribution in [0.1, 0.15) is 34.1 Å². The standard InChI is InChI=1S/C13H27N3O/c1-10(2)12-9-15(11(3)4)7-8-16(12)13(17)5-6-14/h10-12H,5-9,14H2,1-4H3. The number of amides is 1. The van der Waals surface area contributed by atoms with Crippen LogP contribution in [0.25, 0.3) is 0 Å². The average molecular weight is 241 g/mol. The number of hydrogen-bond donors (Lipinski definition) is 1. The molecule has 1 fully saturated rings. The number of rotatable bonds is 4. The summed E-state index contributed by atoms with van der Waals surface area (Å²) in [6.07, 6.45) is 0.477. The van der Waals surface area contributed by atoms with E-state index < -0.39 is 0 Å². The van der Waals surface area contributed by atoms with Gasteiger partial charge in [-0.05, 0) is 19.8 Å². The van der Waals surface area contributed by atoms with E-state index in [-0.39, 0.29) is 5.91 Å². The largest absolute Gasteiger partial charge is 0.337 e. The molecule has 1 unspecified atom stereocenters. The van der Waals surface area contributed by atoms with E-state index in [4.69, 9.17) is 5.73 Å². The second-order valence-electron chi connectivity index (χ2n) is 5.53. The van der Waals surface area contributed by atoms with E-state index >= 15 is 0 Å². The highest BCUT2D eigenvalue weighted by molar-refractivity contribution is 5.76. The summed E-state index contributed by atoms with van der Waals surface area (Å²) < 4.78 is 0. The van der Waals surface area contributed by atoms with Crippen molar-refractivity contribution in [1.29, 1.82) is 0 Å². The minimum absolute atomic E-state index is 0.217. The predicted octanol–water partition coefficient (Wildman–Crippen LogP) is 0.912. The topological polar surface area (TPSA) is 49.6 Å². The van der Waals surface area contributed by atoms with Crippen molar-refractivity contribution >= 4 is 5.91 Å². The predicted molar refractivity (Wildman–Crippen MR) is 70.7 cm³/mol. The number of piperazine rings is 1. The third-order valence-electron chi connectivity index (χ3n) is 3.63. The number of hydrogen-bond acceptors (Lipinski definition) is 3. The molecule has 4 nitrogen and oxygen atoms in total. The van der Waals surface area contributed by atoms with Crippen molar-refractivity contribution in [2.75, 3.05) is 26.2 Å². The molecule has 2 N–H and O–H groups in total. The van der Waals surface area contributed by atoms with Gasteiger partial charge in [0, 0.05) is 44.7 Å². The lowest BCUT2D eigenvalue weighted by Crippen LogP contribution is -2.58. The first-order valence-corrected chi connectivity index (χ1v) is 6.71. The third-order valence-corrected chi connectivity index (χ3v) is 3.63. The van der Waals surface area contributed by atoms with Crippen LogP contribution in [0, 0.1) is 5.92 Å². The monoisotopic (exact) mass is 241 g/mol. The SMILES string of the molecule is CC(C)C1CN(C(C)C)CCN1C(=O)CCN. The van der Waals surface area contributed by atoms with Crippen molar-refractivity contribution in [1.82, 2.24) is 9.80 Å². The van der Waals surface area contributed by atoms with Gasteiger partial charge >= 0.3 is 0 Å². The molecule has 1 heterocycles. The fourth-order valence-corrected chi connectivity index (χ4v) is 2.45. The Balaban J connectivity index is 2.69. The molecule has 1 atom stereocenters. The molecule has 0 aromatic heterocycles. The molecule has 1 saturated heterocycles. The molecule has 1 amide bonds. The second-order valence-corrected chi connectivity index (χ2v) is 5.53. The van der Waals surface area contributed by atoms with Gasteiger partial charge in [0.25, 0.3) is 0 Å². The molecule has 0 aliphatic carbocycles. The lowest BCUT2D eigenvalue weighted by Gasteiger charge is -2.45. The van der Waals surface area contributed by atoms with Crippen LogP contribution in [0.2, 0.25) is 0 Å². The van der Waals surface area contributed by atoms with Crippen LogP contribution in [-0.4, -0.2) is 54.0 Å². The Morgan fingerprint density at radius 2 is 1.94 bits per heavy atom. The first kappa shape index (κ1) is 14.5. The number of carbonyl (C=O) groups excluding carboxylic acids is 1. The van der Waals surface area contributed by atoms with E-state index in [1.807, 2.05) is 4.90 Å². The van der Waals surface area contributed by atoms with E-state index in [9.17, 15) is 4.79 Å². The summed E-state index contributed by atoms with van der Waals surface area (Å²) in [6.45, 7) is 12.1. The molecule has 0 aromatic carbocycles. The molecule has 0 saturated carbocycles. The smallest absolute Gasteiger partial charge is 0.224 e. The summed E-state index contributed by atoms with van der Waals surface area (Å²) in [5.41, 5.74) is 5.48. The minimum Gasteiger partial charge on any atom is -0.337 e. The van der Waals surface area contributed by atoms with Gasteiger partial charge in [-0.2, -0.15) is 0 Å². The fraction of sp³-hybridized carbons (Fsp3) is 0.923. The molecule has 1 rings (SSSR count). The first-order chi connectivity index (χ1) is 7.97. The maximum Gasteiger partial charge on any atom is 0.224 e. The van der Waals surface area contributed by atoms with Crippen molar-refractivity contribution < 1.29 is 4.79 Å². The van der Waals surface area contributed by atoms with Crippen molar-refractivity contribution in [2.45, 2.75) is 46.2 Å². The Bertz CT molecular complexity index is 253. The second kappa shape index (κ2) is 6.36. The summed E-state index contributed by atoms with van der Waals surface area (Å²) in [5, 5.41) is 0. The molecule has 1 aliphatic heterocycles. The van der Waals surface area contributed by atoms with Crippen LogP contribution in [-0.2, 0) is 4.79 Å². The molecule has 17 heavy (non-hydrogen) atoms. The Hall–Kier alpha value is -0.610. The quantitative estimate of drug-likeness (QED) is 0.796. The highest BCUT2D eigenvalue weighted by Crippen LogP contribution is 2.19. The first-order valence-electron chi connectivity index (χ1n) is 6.71. The minimum atomic E-state index is 0.217. The zero-order chi connectivity index (χ0) is 13.0. The molecule has 0 radical (unpaired) electrons. The number of nitrogens with zero attached hydrogens (tertiary/aromatic N) is 2. The van der Waals surface area contributed by atoms with Crippen LogP contribution in [0.3, 0.4) is 0 Å². The molecule has 0 spiro atoms.